The summed E-state index contributed by atoms with van der Waals surface area (Å²) >= 11 is 6.05. The number of carbonyl (C=O) groups is 1. The SMILES string of the molecule is CCC(CC)C(=O)Nc1cc(C)n(Cc2c(F)cccc2Cl)n1. The van der Waals surface area contributed by atoms with E-state index in [2.05, 4.69) is 10.4 Å². The third-order valence-corrected chi connectivity index (χ3v) is 4.31. The number of hydrogen-bond acceptors (Lipinski definition) is 2. The Morgan fingerprint density at radius 1 is 1.39 bits per heavy atom. The predicted molar refractivity (Wildman–Crippen MR) is 90.2 cm³/mol. The fraction of sp³-hybridized carbons (Fsp3) is 0.412. The topological polar surface area (TPSA) is 46.9 Å². The summed E-state index contributed by atoms with van der Waals surface area (Å²) in [6.45, 7) is 6.04. The summed E-state index contributed by atoms with van der Waals surface area (Å²) in [5.41, 5.74) is 1.21. The molecule has 0 radical (unpaired) electrons. The van der Waals surface area contributed by atoms with Crippen LogP contribution < -0.4 is 5.32 Å². The number of benzene rings is 1. The Morgan fingerprint density at radius 2 is 2.09 bits per heavy atom. The first-order valence-electron chi connectivity index (χ1n) is 7.74. The standard InChI is InChI=1S/C17H21ClFN3O/c1-4-12(5-2)17(23)20-16-9-11(3)22(21-16)10-13-14(18)7-6-8-15(13)19/h6-9,12H,4-5,10H2,1-3H3,(H,20,21,23). The molecule has 1 amide bonds. The van der Waals surface area contributed by atoms with Gasteiger partial charge in [-0.15, -0.1) is 0 Å². The zero-order chi connectivity index (χ0) is 17.0. The number of nitrogens with one attached hydrogen (secondary N) is 1. The van der Waals surface area contributed by atoms with Crippen LogP contribution in [0.15, 0.2) is 24.3 Å². The van der Waals surface area contributed by atoms with Crippen LogP contribution in [0.4, 0.5) is 10.2 Å². The first kappa shape index (κ1) is 17.5. The highest BCUT2D eigenvalue weighted by molar-refractivity contribution is 6.31. The van der Waals surface area contributed by atoms with Gasteiger partial charge >= 0.3 is 0 Å². The van der Waals surface area contributed by atoms with Crippen LogP contribution in [0.5, 0.6) is 0 Å². The Hall–Kier alpha value is -1.88. The number of halogens is 2. The highest BCUT2D eigenvalue weighted by atomic mass is 35.5. The first-order valence-corrected chi connectivity index (χ1v) is 8.12. The third-order valence-electron chi connectivity index (χ3n) is 3.96. The minimum atomic E-state index is -0.366. The van der Waals surface area contributed by atoms with Crippen LogP contribution in [0.3, 0.4) is 0 Å². The zero-order valence-electron chi connectivity index (χ0n) is 13.6. The van der Waals surface area contributed by atoms with Crippen molar-refractivity contribution in [1.82, 2.24) is 9.78 Å². The monoisotopic (exact) mass is 337 g/mol. The number of nitrogens with zero attached hydrogens (tertiary/aromatic N) is 2. The Morgan fingerprint density at radius 3 is 2.70 bits per heavy atom. The summed E-state index contributed by atoms with van der Waals surface area (Å²) in [6, 6.07) is 6.36. The molecule has 0 aliphatic heterocycles. The lowest BCUT2D eigenvalue weighted by molar-refractivity contribution is -0.120. The number of anilines is 1. The van der Waals surface area contributed by atoms with Crippen molar-refractivity contribution >= 4 is 23.3 Å². The molecule has 4 nitrogen and oxygen atoms in total. The normalized spacial score (nSPS) is 11.0. The molecule has 124 valence electrons. The predicted octanol–water partition coefficient (Wildman–Crippen LogP) is 4.41. The molecule has 0 unspecified atom stereocenters. The summed E-state index contributed by atoms with van der Waals surface area (Å²) in [7, 11) is 0. The lowest BCUT2D eigenvalue weighted by Gasteiger charge is -2.11. The van der Waals surface area contributed by atoms with Crippen molar-refractivity contribution in [2.75, 3.05) is 5.32 Å². The van der Waals surface area contributed by atoms with Gasteiger partial charge in [0, 0.05) is 28.3 Å². The molecule has 1 N–H and O–H groups in total. The molecule has 6 heteroatoms. The van der Waals surface area contributed by atoms with Crippen LogP contribution in [-0.2, 0) is 11.3 Å². The van der Waals surface area contributed by atoms with E-state index >= 15 is 0 Å². The summed E-state index contributed by atoms with van der Waals surface area (Å²) < 4.78 is 15.5. The largest absolute Gasteiger partial charge is 0.309 e. The van der Waals surface area contributed by atoms with E-state index in [-0.39, 0.29) is 24.2 Å². The first-order chi connectivity index (χ1) is 11.0. The number of hydrogen-bond donors (Lipinski definition) is 1. The molecule has 1 aromatic heterocycles. The zero-order valence-corrected chi connectivity index (χ0v) is 14.3. The van der Waals surface area contributed by atoms with Gasteiger partial charge in [-0.3, -0.25) is 9.48 Å². The van der Waals surface area contributed by atoms with E-state index in [1.165, 1.54) is 6.07 Å². The van der Waals surface area contributed by atoms with Gasteiger partial charge in [-0.1, -0.05) is 31.5 Å². The maximum Gasteiger partial charge on any atom is 0.228 e. The van der Waals surface area contributed by atoms with E-state index in [1.807, 2.05) is 20.8 Å². The average Bonchev–Trinajstić information content (AvgIpc) is 2.84. The number of amides is 1. The fourth-order valence-electron chi connectivity index (χ4n) is 2.45. The van der Waals surface area contributed by atoms with E-state index in [4.69, 9.17) is 11.6 Å². The molecule has 0 spiro atoms. The lowest BCUT2D eigenvalue weighted by atomic mass is 10.0. The Balaban J connectivity index is 2.17. The Bertz CT molecular complexity index is 675. The molecule has 0 bridgehead atoms. The van der Waals surface area contributed by atoms with E-state index in [0.717, 1.165) is 18.5 Å². The van der Waals surface area contributed by atoms with Gasteiger partial charge in [-0.25, -0.2) is 4.39 Å². The minimum absolute atomic E-state index is 0.0264. The van der Waals surface area contributed by atoms with Crippen molar-refractivity contribution in [1.29, 1.82) is 0 Å². The Kier molecular flexibility index (Phi) is 5.77. The van der Waals surface area contributed by atoms with Crippen LogP contribution in [0.2, 0.25) is 5.02 Å². The van der Waals surface area contributed by atoms with Crippen molar-refractivity contribution in [2.45, 2.75) is 40.2 Å². The van der Waals surface area contributed by atoms with Gasteiger partial charge in [0.1, 0.15) is 5.82 Å². The maximum absolute atomic E-state index is 13.9. The van der Waals surface area contributed by atoms with Gasteiger partial charge in [-0.05, 0) is 31.9 Å². The highest BCUT2D eigenvalue weighted by Crippen LogP contribution is 2.21. The van der Waals surface area contributed by atoms with Crippen LogP contribution in [0.25, 0.3) is 0 Å². The molecule has 0 aliphatic carbocycles. The second-order valence-corrected chi connectivity index (χ2v) is 5.94. The van der Waals surface area contributed by atoms with Gasteiger partial charge < -0.3 is 5.32 Å². The number of carbonyl (C=O) groups excluding carboxylic acids is 1. The molecule has 23 heavy (non-hydrogen) atoms. The Labute approximate surface area is 140 Å². The van der Waals surface area contributed by atoms with Crippen LogP contribution in [0, 0.1) is 18.7 Å². The summed E-state index contributed by atoms with van der Waals surface area (Å²) in [5.74, 6) is 0.0481. The molecule has 1 heterocycles. The van der Waals surface area contributed by atoms with Gasteiger partial charge in [0.15, 0.2) is 5.82 Å². The quantitative estimate of drug-likeness (QED) is 0.848. The second-order valence-electron chi connectivity index (χ2n) is 5.53. The number of rotatable bonds is 6. The minimum Gasteiger partial charge on any atom is -0.309 e. The van der Waals surface area contributed by atoms with Crippen LogP contribution >= 0.6 is 11.6 Å². The summed E-state index contributed by atoms with van der Waals surface area (Å²) in [4.78, 5) is 12.1. The molecule has 0 saturated heterocycles. The van der Waals surface area contributed by atoms with Crippen molar-refractivity contribution in [2.24, 2.45) is 5.92 Å². The molecule has 1 aromatic carbocycles. The van der Waals surface area contributed by atoms with Crippen molar-refractivity contribution < 1.29 is 9.18 Å². The van der Waals surface area contributed by atoms with Crippen LogP contribution in [-0.4, -0.2) is 15.7 Å². The van der Waals surface area contributed by atoms with Gasteiger partial charge in [0.25, 0.3) is 0 Å². The molecule has 0 saturated carbocycles. The molecule has 0 aliphatic rings. The van der Waals surface area contributed by atoms with Crippen molar-refractivity contribution in [3.05, 3.63) is 46.4 Å². The van der Waals surface area contributed by atoms with Gasteiger partial charge in [0.2, 0.25) is 5.91 Å². The van der Waals surface area contributed by atoms with Crippen molar-refractivity contribution in [3.63, 3.8) is 0 Å². The van der Waals surface area contributed by atoms with E-state index in [1.54, 1.807) is 22.9 Å². The number of aryl methyl sites for hydroxylation is 1. The molecule has 0 fully saturated rings. The average molecular weight is 338 g/mol. The van der Waals surface area contributed by atoms with Gasteiger partial charge in [-0.2, -0.15) is 5.10 Å². The maximum atomic E-state index is 13.9. The van der Waals surface area contributed by atoms with Gasteiger partial charge in [0.05, 0.1) is 6.54 Å². The van der Waals surface area contributed by atoms with Crippen molar-refractivity contribution in [3.8, 4) is 0 Å². The van der Waals surface area contributed by atoms with E-state index in [0.29, 0.717) is 16.4 Å². The smallest absolute Gasteiger partial charge is 0.228 e. The lowest BCUT2D eigenvalue weighted by Crippen LogP contribution is -2.22. The summed E-state index contributed by atoms with van der Waals surface area (Å²) in [6.07, 6.45) is 1.57. The van der Waals surface area contributed by atoms with Crippen LogP contribution in [0.1, 0.15) is 37.9 Å². The molecular formula is C17H21ClFN3O. The second kappa shape index (κ2) is 7.59. The summed E-state index contributed by atoms with van der Waals surface area (Å²) in [5, 5.41) is 7.52. The molecule has 2 aromatic rings. The molecule has 2 rings (SSSR count). The van der Waals surface area contributed by atoms with E-state index in [9.17, 15) is 9.18 Å². The number of aromatic nitrogens is 2. The van der Waals surface area contributed by atoms with E-state index < -0.39 is 0 Å². The molecular weight excluding hydrogens is 317 g/mol. The fourth-order valence-corrected chi connectivity index (χ4v) is 2.67. The highest BCUT2D eigenvalue weighted by Gasteiger charge is 2.16. The molecule has 0 atom stereocenters. The third kappa shape index (κ3) is 4.10.